The summed E-state index contributed by atoms with van der Waals surface area (Å²) in [6.07, 6.45) is 0. The van der Waals surface area contributed by atoms with Crippen LogP contribution in [0.5, 0.6) is 0 Å². The predicted octanol–water partition coefficient (Wildman–Crippen LogP) is 2.26. The molecule has 1 N–H and O–H groups in total. The lowest BCUT2D eigenvalue weighted by atomic mass is 10.2. The van der Waals surface area contributed by atoms with E-state index in [1.165, 1.54) is 37.6 Å². The standard InChI is InChI=1S/C14H17N3O3S2/c1-9-10(2)21-14(15-9)16-13(18)11-6-5-7-12(8-11)22(19,20)17(3)4/h5-8H,1-4H3,(H,15,16,18). The number of nitrogens with zero attached hydrogens (tertiary/aromatic N) is 2. The largest absolute Gasteiger partial charge is 0.298 e. The predicted molar refractivity (Wildman–Crippen MR) is 86.9 cm³/mol. The first-order chi connectivity index (χ1) is 10.2. The van der Waals surface area contributed by atoms with Crippen molar-refractivity contribution in [3.05, 3.63) is 40.4 Å². The van der Waals surface area contributed by atoms with E-state index in [9.17, 15) is 13.2 Å². The number of anilines is 1. The Balaban J connectivity index is 2.28. The summed E-state index contributed by atoms with van der Waals surface area (Å²) in [5.74, 6) is -0.385. The van der Waals surface area contributed by atoms with Gasteiger partial charge in [-0.25, -0.2) is 17.7 Å². The average molecular weight is 339 g/mol. The van der Waals surface area contributed by atoms with Gasteiger partial charge in [0, 0.05) is 24.5 Å². The van der Waals surface area contributed by atoms with Gasteiger partial charge in [-0.2, -0.15) is 0 Å². The Morgan fingerprint density at radius 1 is 1.27 bits per heavy atom. The highest BCUT2D eigenvalue weighted by Crippen LogP contribution is 2.22. The fourth-order valence-corrected chi connectivity index (χ4v) is 3.46. The van der Waals surface area contributed by atoms with Crippen molar-refractivity contribution in [2.45, 2.75) is 18.7 Å². The van der Waals surface area contributed by atoms with Crippen LogP contribution in [0, 0.1) is 13.8 Å². The molecule has 8 heteroatoms. The molecule has 0 spiro atoms. The van der Waals surface area contributed by atoms with Crippen LogP contribution in [-0.4, -0.2) is 37.7 Å². The van der Waals surface area contributed by atoms with Crippen molar-refractivity contribution in [1.29, 1.82) is 0 Å². The van der Waals surface area contributed by atoms with Gasteiger partial charge >= 0.3 is 0 Å². The minimum absolute atomic E-state index is 0.0802. The van der Waals surface area contributed by atoms with Gasteiger partial charge in [0.2, 0.25) is 10.0 Å². The Morgan fingerprint density at radius 2 is 1.95 bits per heavy atom. The molecule has 1 heterocycles. The Bertz CT molecular complexity index is 791. The van der Waals surface area contributed by atoms with Crippen LogP contribution < -0.4 is 5.32 Å². The molecule has 6 nitrogen and oxygen atoms in total. The van der Waals surface area contributed by atoms with E-state index in [0.29, 0.717) is 5.13 Å². The molecule has 1 amide bonds. The zero-order valence-corrected chi connectivity index (χ0v) is 14.4. The number of carbonyl (C=O) groups is 1. The summed E-state index contributed by atoms with van der Waals surface area (Å²) in [5.41, 5.74) is 1.14. The topological polar surface area (TPSA) is 79.4 Å². The zero-order valence-electron chi connectivity index (χ0n) is 12.7. The number of hydrogen-bond donors (Lipinski definition) is 1. The Morgan fingerprint density at radius 3 is 2.50 bits per heavy atom. The average Bonchev–Trinajstić information content (AvgIpc) is 2.77. The number of aryl methyl sites for hydroxylation is 2. The summed E-state index contributed by atoms with van der Waals surface area (Å²) in [4.78, 5) is 17.6. The van der Waals surface area contributed by atoms with Crippen molar-refractivity contribution < 1.29 is 13.2 Å². The van der Waals surface area contributed by atoms with E-state index in [4.69, 9.17) is 0 Å². The van der Waals surface area contributed by atoms with E-state index in [2.05, 4.69) is 10.3 Å². The molecule has 1 aromatic carbocycles. The van der Waals surface area contributed by atoms with Crippen molar-refractivity contribution in [3.63, 3.8) is 0 Å². The van der Waals surface area contributed by atoms with Crippen LogP contribution in [0.3, 0.4) is 0 Å². The molecular weight excluding hydrogens is 322 g/mol. The zero-order chi connectivity index (χ0) is 16.5. The third-order valence-electron chi connectivity index (χ3n) is 3.12. The van der Waals surface area contributed by atoms with E-state index in [1.807, 2.05) is 13.8 Å². The lowest BCUT2D eigenvalue weighted by Crippen LogP contribution is -2.22. The Labute approximate surface area is 133 Å². The fraction of sp³-hybridized carbons (Fsp3) is 0.286. The number of thiazole rings is 1. The number of benzene rings is 1. The molecule has 0 bridgehead atoms. The van der Waals surface area contributed by atoms with Crippen molar-refractivity contribution >= 4 is 32.4 Å². The van der Waals surface area contributed by atoms with Crippen LogP contribution in [-0.2, 0) is 10.0 Å². The van der Waals surface area contributed by atoms with Gasteiger partial charge in [0.1, 0.15) is 0 Å². The number of amides is 1. The molecule has 2 rings (SSSR count). The molecule has 118 valence electrons. The van der Waals surface area contributed by atoms with Gasteiger partial charge in [0.15, 0.2) is 5.13 Å². The normalized spacial score (nSPS) is 11.7. The Kier molecular flexibility index (Phi) is 4.64. The van der Waals surface area contributed by atoms with Gasteiger partial charge in [-0.1, -0.05) is 6.07 Å². The van der Waals surface area contributed by atoms with Crippen LogP contribution in [0.1, 0.15) is 20.9 Å². The molecule has 0 saturated heterocycles. The number of sulfonamides is 1. The van der Waals surface area contributed by atoms with Crippen LogP contribution >= 0.6 is 11.3 Å². The van der Waals surface area contributed by atoms with E-state index in [1.54, 1.807) is 12.1 Å². The third-order valence-corrected chi connectivity index (χ3v) is 5.92. The van der Waals surface area contributed by atoms with Crippen molar-refractivity contribution in [3.8, 4) is 0 Å². The van der Waals surface area contributed by atoms with Crippen LogP contribution in [0.15, 0.2) is 29.2 Å². The van der Waals surface area contributed by atoms with Crippen molar-refractivity contribution in [1.82, 2.24) is 9.29 Å². The summed E-state index contributed by atoms with van der Waals surface area (Å²) in [5, 5.41) is 3.19. The molecule has 0 unspecified atom stereocenters. The maximum atomic E-state index is 12.2. The summed E-state index contributed by atoms with van der Waals surface area (Å²) in [6, 6.07) is 5.93. The number of hydrogen-bond acceptors (Lipinski definition) is 5. The maximum absolute atomic E-state index is 12.2. The molecule has 0 radical (unpaired) electrons. The van der Waals surface area contributed by atoms with E-state index in [0.717, 1.165) is 14.9 Å². The molecular formula is C14H17N3O3S2. The first-order valence-corrected chi connectivity index (χ1v) is 8.75. The molecule has 0 aliphatic rings. The minimum atomic E-state index is -3.57. The number of aromatic nitrogens is 1. The van der Waals surface area contributed by atoms with Gasteiger partial charge in [-0.3, -0.25) is 10.1 Å². The van der Waals surface area contributed by atoms with Crippen LogP contribution in [0.25, 0.3) is 0 Å². The molecule has 2 aromatic rings. The van der Waals surface area contributed by atoms with E-state index >= 15 is 0 Å². The van der Waals surface area contributed by atoms with E-state index in [-0.39, 0.29) is 16.4 Å². The number of rotatable bonds is 4. The van der Waals surface area contributed by atoms with Crippen molar-refractivity contribution in [2.24, 2.45) is 0 Å². The second-order valence-corrected chi connectivity index (χ2v) is 8.29. The van der Waals surface area contributed by atoms with Crippen molar-refractivity contribution in [2.75, 3.05) is 19.4 Å². The second kappa shape index (κ2) is 6.15. The number of carbonyl (C=O) groups excluding carboxylic acids is 1. The van der Waals surface area contributed by atoms with Gasteiger partial charge in [0.05, 0.1) is 10.6 Å². The molecule has 0 aliphatic carbocycles. The highest BCUT2D eigenvalue weighted by Gasteiger charge is 2.19. The molecule has 0 atom stereocenters. The SMILES string of the molecule is Cc1nc(NC(=O)c2cccc(S(=O)(=O)N(C)C)c2)sc1C. The summed E-state index contributed by atoms with van der Waals surface area (Å²) < 4.78 is 25.3. The highest BCUT2D eigenvalue weighted by molar-refractivity contribution is 7.89. The summed E-state index contributed by atoms with van der Waals surface area (Å²) >= 11 is 1.38. The van der Waals surface area contributed by atoms with Crippen LogP contribution in [0.4, 0.5) is 5.13 Å². The molecule has 0 saturated carbocycles. The molecule has 0 aliphatic heterocycles. The van der Waals surface area contributed by atoms with E-state index < -0.39 is 10.0 Å². The summed E-state index contributed by atoms with van der Waals surface area (Å²) in [6.45, 7) is 3.79. The Hall–Kier alpha value is -1.77. The van der Waals surface area contributed by atoms with Gasteiger partial charge in [-0.05, 0) is 32.0 Å². The monoisotopic (exact) mass is 339 g/mol. The minimum Gasteiger partial charge on any atom is -0.298 e. The second-order valence-electron chi connectivity index (χ2n) is 4.93. The fourth-order valence-electron chi connectivity index (χ4n) is 1.70. The first-order valence-electron chi connectivity index (χ1n) is 6.50. The smallest absolute Gasteiger partial charge is 0.257 e. The van der Waals surface area contributed by atoms with Gasteiger partial charge in [0.25, 0.3) is 5.91 Å². The molecule has 0 fully saturated rings. The van der Waals surface area contributed by atoms with Crippen LogP contribution in [0.2, 0.25) is 0 Å². The lowest BCUT2D eigenvalue weighted by molar-refractivity contribution is 0.102. The van der Waals surface area contributed by atoms with Gasteiger partial charge in [-0.15, -0.1) is 11.3 Å². The lowest BCUT2D eigenvalue weighted by Gasteiger charge is -2.12. The third kappa shape index (κ3) is 3.34. The molecule has 22 heavy (non-hydrogen) atoms. The first kappa shape index (κ1) is 16.6. The summed E-state index contributed by atoms with van der Waals surface area (Å²) in [7, 11) is -0.673. The van der Waals surface area contributed by atoms with Gasteiger partial charge < -0.3 is 0 Å². The highest BCUT2D eigenvalue weighted by atomic mass is 32.2. The molecule has 1 aromatic heterocycles. The number of nitrogens with one attached hydrogen (secondary N) is 1. The maximum Gasteiger partial charge on any atom is 0.257 e. The quantitative estimate of drug-likeness (QED) is 0.927.